The summed E-state index contributed by atoms with van der Waals surface area (Å²) in [4.78, 5) is 3.97. The molecule has 1 heteroatoms. The molecule has 0 fully saturated rings. The van der Waals surface area contributed by atoms with E-state index in [0.29, 0.717) is 5.92 Å². The minimum atomic E-state index is 0.572. The summed E-state index contributed by atoms with van der Waals surface area (Å²) in [5.41, 5.74) is 2.73. The second-order valence-electron chi connectivity index (χ2n) is 3.21. The summed E-state index contributed by atoms with van der Waals surface area (Å²) < 4.78 is 0. The molecule has 1 nitrogen and oxygen atoms in total. The lowest BCUT2D eigenvalue weighted by molar-refractivity contribution is 0.777. The van der Waals surface area contributed by atoms with Crippen molar-refractivity contribution < 1.29 is 0 Å². The van der Waals surface area contributed by atoms with E-state index in [2.05, 4.69) is 37.7 Å². The van der Waals surface area contributed by atoms with E-state index in [4.69, 9.17) is 0 Å². The first-order valence-electron chi connectivity index (χ1n) is 4.44. The highest BCUT2D eigenvalue weighted by atomic mass is 14.6. The SMILES string of the molecule is CCC1=C(C(C)C)C=CN=C=C1. The zero-order valence-corrected chi connectivity index (χ0v) is 7.96. The summed E-state index contributed by atoms with van der Waals surface area (Å²) in [6.45, 7) is 6.57. The minimum Gasteiger partial charge on any atom is -0.214 e. The molecule has 0 unspecified atom stereocenters. The van der Waals surface area contributed by atoms with Gasteiger partial charge in [-0.2, -0.15) is 0 Å². The van der Waals surface area contributed by atoms with Crippen LogP contribution in [0.3, 0.4) is 0 Å². The first-order chi connectivity index (χ1) is 5.75. The Morgan fingerprint density at radius 3 is 2.83 bits per heavy atom. The standard InChI is InChI=1S/C11H15N/c1-4-10-5-7-12-8-6-11(10)9(2)3/h5-6,8-9H,4H2,1-3H3. The van der Waals surface area contributed by atoms with Crippen LogP contribution in [0.2, 0.25) is 0 Å². The summed E-state index contributed by atoms with van der Waals surface area (Å²) in [5, 5.41) is 0. The summed E-state index contributed by atoms with van der Waals surface area (Å²) in [6.07, 6.45) is 6.93. The first-order valence-corrected chi connectivity index (χ1v) is 4.44. The van der Waals surface area contributed by atoms with E-state index in [0.717, 1.165) is 6.42 Å². The number of nitrogens with zero attached hydrogens (tertiary/aromatic N) is 1. The van der Waals surface area contributed by atoms with Crippen molar-refractivity contribution in [2.75, 3.05) is 0 Å². The molecule has 64 valence electrons. The van der Waals surface area contributed by atoms with E-state index in [1.807, 2.05) is 12.3 Å². The third-order valence-corrected chi connectivity index (χ3v) is 2.02. The van der Waals surface area contributed by atoms with Crippen LogP contribution < -0.4 is 0 Å². The molecular weight excluding hydrogens is 146 g/mol. The van der Waals surface area contributed by atoms with Gasteiger partial charge in [0.1, 0.15) is 0 Å². The van der Waals surface area contributed by atoms with Gasteiger partial charge in [-0.05, 0) is 35.4 Å². The van der Waals surface area contributed by atoms with E-state index in [9.17, 15) is 0 Å². The van der Waals surface area contributed by atoms with Crippen molar-refractivity contribution in [3.63, 3.8) is 0 Å². The lowest BCUT2D eigenvalue weighted by atomic mass is 9.96. The fourth-order valence-electron chi connectivity index (χ4n) is 1.34. The van der Waals surface area contributed by atoms with Crippen LogP contribution >= 0.6 is 0 Å². The Morgan fingerprint density at radius 2 is 2.25 bits per heavy atom. The Morgan fingerprint density at radius 1 is 1.50 bits per heavy atom. The molecular formula is C11H15N. The molecule has 0 atom stereocenters. The van der Waals surface area contributed by atoms with Crippen LogP contribution in [0.4, 0.5) is 0 Å². The highest BCUT2D eigenvalue weighted by Crippen LogP contribution is 2.20. The molecule has 0 spiro atoms. The highest BCUT2D eigenvalue weighted by Gasteiger charge is 2.05. The zero-order valence-electron chi connectivity index (χ0n) is 7.96. The van der Waals surface area contributed by atoms with Crippen molar-refractivity contribution in [3.8, 4) is 0 Å². The van der Waals surface area contributed by atoms with Gasteiger partial charge in [0, 0.05) is 12.3 Å². The van der Waals surface area contributed by atoms with Crippen LogP contribution in [0.5, 0.6) is 0 Å². The fraction of sp³-hybridized carbons (Fsp3) is 0.455. The average Bonchev–Trinajstić information content (AvgIpc) is 2.27. The second-order valence-corrected chi connectivity index (χ2v) is 3.21. The lowest BCUT2D eigenvalue weighted by Gasteiger charge is -2.09. The van der Waals surface area contributed by atoms with E-state index in [1.54, 1.807) is 0 Å². The van der Waals surface area contributed by atoms with Crippen LogP contribution in [-0.4, -0.2) is 5.87 Å². The maximum atomic E-state index is 3.97. The van der Waals surface area contributed by atoms with Gasteiger partial charge >= 0.3 is 0 Å². The predicted molar refractivity (Wildman–Crippen MR) is 53.3 cm³/mol. The molecule has 0 radical (unpaired) electrons. The normalized spacial score (nSPS) is 16.0. The Labute approximate surface area is 74.2 Å². The summed E-state index contributed by atoms with van der Waals surface area (Å²) in [7, 11) is 0. The summed E-state index contributed by atoms with van der Waals surface area (Å²) >= 11 is 0. The van der Waals surface area contributed by atoms with Gasteiger partial charge in [-0.1, -0.05) is 20.8 Å². The number of hydrogen-bond donors (Lipinski definition) is 0. The van der Waals surface area contributed by atoms with Crippen molar-refractivity contribution in [3.05, 3.63) is 29.5 Å². The fourth-order valence-corrected chi connectivity index (χ4v) is 1.34. The van der Waals surface area contributed by atoms with E-state index in [1.165, 1.54) is 11.1 Å². The second kappa shape index (κ2) is 4.08. The topological polar surface area (TPSA) is 12.4 Å². The van der Waals surface area contributed by atoms with Crippen molar-refractivity contribution in [2.24, 2.45) is 10.9 Å². The van der Waals surface area contributed by atoms with Crippen LogP contribution in [0.1, 0.15) is 27.2 Å². The van der Waals surface area contributed by atoms with Crippen LogP contribution in [0.15, 0.2) is 34.5 Å². The maximum absolute atomic E-state index is 3.97. The van der Waals surface area contributed by atoms with E-state index >= 15 is 0 Å². The van der Waals surface area contributed by atoms with Gasteiger partial charge in [-0.3, -0.25) is 0 Å². The molecule has 0 aromatic carbocycles. The van der Waals surface area contributed by atoms with Crippen molar-refractivity contribution >= 4 is 5.87 Å². The molecule has 1 heterocycles. The van der Waals surface area contributed by atoms with Gasteiger partial charge in [0.2, 0.25) is 0 Å². The quantitative estimate of drug-likeness (QED) is 0.590. The van der Waals surface area contributed by atoms with Crippen molar-refractivity contribution in [1.82, 2.24) is 0 Å². The molecule has 0 aromatic rings. The van der Waals surface area contributed by atoms with Gasteiger partial charge in [0.15, 0.2) is 0 Å². The largest absolute Gasteiger partial charge is 0.214 e. The molecule has 1 rings (SSSR count). The average molecular weight is 161 g/mol. The number of hydrogen-bond acceptors (Lipinski definition) is 1. The Bertz CT molecular complexity index is 273. The molecule has 0 aliphatic carbocycles. The number of rotatable bonds is 2. The van der Waals surface area contributed by atoms with Gasteiger partial charge in [0.05, 0.1) is 0 Å². The molecule has 0 saturated carbocycles. The van der Waals surface area contributed by atoms with Gasteiger partial charge in [-0.25, -0.2) is 4.99 Å². The zero-order chi connectivity index (χ0) is 8.97. The smallest absolute Gasteiger partial charge is 0.0371 e. The Balaban J connectivity index is 3.06. The summed E-state index contributed by atoms with van der Waals surface area (Å²) in [6, 6.07) is 0. The van der Waals surface area contributed by atoms with Crippen LogP contribution in [0, 0.1) is 5.92 Å². The molecule has 1 aliphatic rings. The van der Waals surface area contributed by atoms with E-state index in [-0.39, 0.29) is 0 Å². The number of allylic oxidation sites excluding steroid dienone is 4. The molecule has 12 heavy (non-hydrogen) atoms. The van der Waals surface area contributed by atoms with Gasteiger partial charge in [-0.15, -0.1) is 0 Å². The first kappa shape index (κ1) is 9.02. The third kappa shape index (κ3) is 1.96. The highest BCUT2D eigenvalue weighted by molar-refractivity contribution is 5.61. The molecule has 1 aliphatic heterocycles. The predicted octanol–water partition coefficient (Wildman–Crippen LogP) is 3.10. The number of aliphatic imine (C=N–C) groups is 1. The van der Waals surface area contributed by atoms with Crippen molar-refractivity contribution in [1.29, 1.82) is 0 Å². The van der Waals surface area contributed by atoms with E-state index < -0.39 is 0 Å². The van der Waals surface area contributed by atoms with Gasteiger partial charge in [0.25, 0.3) is 0 Å². The molecule has 0 bridgehead atoms. The summed E-state index contributed by atoms with van der Waals surface area (Å²) in [5.74, 6) is 3.46. The third-order valence-electron chi connectivity index (χ3n) is 2.02. The minimum absolute atomic E-state index is 0.572. The lowest BCUT2D eigenvalue weighted by Crippen LogP contribution is -1.94. The van der Waals surface area contributed by atoms with Crippen molar-refractivity contribution in [2.45, 2.75) is 27.2 Å². The monoisotopic (exact) mass is 161 g/mol. The Kier molecular flexibility index (Phi) is 3.07. The van der Waals surface area contributed by atoms with Crippen LogP contribution in [0.25, 0.3) is 0 Å². The molecule has 0 aromatic heterocycles. The molecule has 0 saturated heterocycles. The van der Waals surface area contributed by atoms with Crippen LogP contribution in [-0.2, 0) is 0 Å². The Hall–Kier alpha value is -1.07. The maximum Gasteiger partial charge on any atom is 0.0371 e. The molecule has 0 amide bonds. The molecule has 0 N–H and O–H groups in total. The van der Waals surface area contributed by atoms with Gasteiger partial charge < -0.3 is 0 Å².